The Morgan fingerprint density at radius 1 is 0.645 bits per heavy atom. The molecule has 3 rings (SSSR count). The zero-order chi connectivity index (χ0) is 47.2. The van der Waals surface area contributed by atoms with E-state index in [0.717, 1.165) is 21.8 Å². The molecule has 62 heavy (non-hydrogen) atoms. The predicted molar refractivity (Wildman–Crippen MR) is 209 cm³/mol. The highest BCUT2D eigenvalue weighted by molar-refractivity contribution is 6.76. The van der Waals surface area contributed by atoms with Gasteiger partial charge in [-0.2, -0.15) is 57.1 Å². The molecular formula is C43H50F13NO4Si. The molecule has 0 bridgehead atoms. The van der Waals surface area contributed by atoms with Crippen LogP contribution in [0, 0.1) is 5.92 Å². The zero-order valence-corrected chi connectivity index (χ0v) is 35.9. The van der Waals surface area contributed by atoms with Crippen LogP contribution in [0.1, 0.15) is 64.2 Å². The van der Waals surface area contributed by atoms with Crippen LogP contribution >= 0.6 is 0 Å². The van der Waals surface area contributed by atoms with Crippen molar-refractivity contribution in [3.63, 3.8) is 0 Å². The molecule has 2 atom stereocenters. The summed E-state index contributed by atoms with van der Waals surface area (Å²) in [5, 5.41) is 0.825. The third-order valence-corrected chi connectivity index (χ3v) is 16.8. The molecule has 3 aromatic carbocycles. The molecule has 0 unspecified atom stereocenters. The van der Waals surface area contributed by atoms with E-state index in [4.69, 9.17) is 14.0 Å². The highest BCUT2D eigenvalue weighted by atomic mass is 28.4. The van der Waals surface area contributed by atoms with E-state index < -0.39 is 97.6 Å². The first-order chi connectivity index (χ1) is 28.5. The van der Waals surface area contributed by atoms with Gasteiger partial charge in [0.05, 0.1) is 26.2 Å². The van der Waals surface area contributed by atoms with Crippen LogP contribution in [0.2, 0.25) is 17.1 Å². The first-order valence-corrected chi connectivity index (χ1v) is 21.7. The lowest BCUT2D eigenvalue weighted by atomic mass is 9.80. The summed E-state index contributed by atoms with van der Waals surface area (Å²) in [5.41, 5.74) is -0.520. The Balaban J connectivity index is 2.04. The van der Waals surface area contributed by atoms with E-state index in [0.29, 0.717) is 0 Å². The Hall–Kier alpha value is -3.94. The average molecular weight is 920 g/mol. The summed E-state index contributed by atoms with van der Waals surface area (Å²) in [6.45, 7) is 7.22. The van der Waals surface area contributed by atoms with Gasteiger partial charge in [-0.05, 0) is 39.7 Å². The summed E-state index contributed by atoms with van der Waals surface area (Å²) in [5.74, 6) is -38.9. The van der Waals surface area contributed by atoms with Crippen LogP contribution in [0.15, 0.2) is 103 Å². The molecule has 1 amide bonds. The van der Waals surface area contributed by atoms with Crippen molar-refractivity contribution >= 4 is 14.2 Å². The van der Waals surface area contributed by atoms with E-state index >= 15 is 8.78 Å². The molecule has 0 saturated heterocycles. The van der Waals surface area contributed by atoms with Crippen molar-refractivity contribution < 1.29 is 75.9 Å². The number of rotatable bonds is 22. The fourth-order valence-electron chi connectivity index (χ4n) is 7.24. The van der Waals surface area contributed by atoms with Crippen molar-refractivity contribution in [3.8, 4) is 0 Å². The minimum Gasteiger partial charge on any atom is -0.412 e. The highest BCUT2D eigenvalue weighted by Gasteiger charge is 2.90. The minimum atomic E-state index is -8.00. The molecular weight excluding hydrogens is 870 g/mol. The van der Waals surface area contributed by atoms with E-state index in [-0.39, 0.29) is 6.61 Å². The Bertz CT molecular complexity index is 1790. The van der Waals surface area contributed by atoms with Gasteiger partial charge >= 0.3 is 35.8 Å². The summed E-state index contributed by atoms with van der Waals surface area (Å²) in [4.78, 5) is 18.2. The van der Waals surface area contributed by atoms with Crippen molar-refractivity contribution in [1.29, 1.82) is 0 Å². The Kier molecular flexibility index (Phi) is 16.8. The molecule has 0 aliphatic carbocycles. The molecule has 0 N–H and O–H groups in total. The van der Waals surface area contributed by atoms with E-state index in [1.807, 2.05) is 91.0 Å². The topological polar surface area (TPSA) is 48.0 Å². The number of hydrogen-bond donors (Lipinski definition) is 0. The Labute approximate surface area is 353 Å². The third-order valence-electron chi connectivity index (χ3n) is 11.1. The molecule has 5 nitrogen and oxygen atoms in total. The molecule has 0 radical (unpaired) electrons. The molecule has 19 heteroatoms. The second-order valence-corrected chi connectivity index (χ2v) is 20.5. The van der Waals surface area contributed by atoms with E-state index in [9.17, 15) is 53.1 Å². The van der Waals surface area contributed by atoms with Gasteiger partial charge in [-0.3, -0.25) is 9.63 Å². The minimum absolute atomic E-state index is 0.0773. The van der Waals surface area contributed by atoms with Crippen LogP contribution in [-0.2, 0) is 24.4 Å². The normalized spacial score (nSPS) is 15.1. The van der Waals surface area contributed by atoms with Crippen LogP contribution in [0.25, 0.3) is 0 Å². The molecule has 3 aromatic rings. The maximum Gasteiger partial charge on any atom is 0.460 e. The number of carbonyl (C=O) groups excluding carboxylic acids is 1. The molecule has 346 valence electrons. The molecule has 0 aromatic heterocycles. The van der Waals surface area contributed by atoms with Crippen LogP contribution in [0.3, 0.4) is 0 Å². The predicted octanol–water partition coefficient (Wildman–Crippen LogP) is 12.9. The molecule has 0 saturated carbocycles. The molecule has 0 spiro atoms. The molecule has 0 aliphatic heterocycles. The van der Waals surface area contributed by atoms with Gasteiger partial charge in [0, 0.05) is 13.5 Å². The second-order valence-electron chi connectivity index (χ2n) is 15.6. The number of benzene rings is 3. The van der Waals surface area contributed by atoms with Gasteiger partial charge in [-0.1, -0.05) is 138 Å². The summed E-state index contributed by atoms with van der Waals surface area (Å²) in [7, 11) is -1.69. The zero-order valence-electron chi connectivity index (χ0n) is 34.9. The second kappa shape index (κ2) is 19.8. The quantitative estimate of drug-likeness (QED) is 0.0331. The van der Waals surface area contributed by atoms with E-state index in [1.54, 1.807) is 19.1 Å². The summed E-state index contributed by atoms with van der Waals surface area (Å²) >= 11 is 0. The van der Waals surface area contributed by atoms with Crippen molar-refractivity contribution in [3.05, 3.63) is 120 Å². The van der Waals surface area contributed by atoms with Gasteiger partial charge in [0.2, 0.25) is 5.91 Å². The maximum absolute atomic E-state index is 15.3. The molecule has 0 fully saturated rings. The van der Waals surface area contributed by atoms with E-state index in [1.165, 1.54) is 41.9 Å². The van der Waals surface area contributed by atoms with Crippen LogP contribution in [-0.4, -0.2) is 81.9 Å². The van der Waals surface area contributed by atoms with Gasteiger partial charge in [0.25, 0.3) is 0 Å². The summed E-state index contributed by atoms with van der Waals surface area (Å²) in [6, 6.07) is 26.7. The summed E-state index contributed by atoms with van der Waals surface area (Å²) < 4.78 is 196. The third kappa shape index (κ3) is 10.2. The SMILES string of the molecule is CON(C)C(=O)C[C@H](O[Si](CCC(F)(F)C(F)(F)C(F)(F)C(F)(F)C(F)(F)C(F)(F)F)(C(C)C)C(C)C)[C@@H](C)/C=C/COC(c1ccccc1)(c1ccccc1)c1ccccc1. The number of hydroxylamine groups is 2. The van der Waals surface area contributed by atoms with Crippen molar-refractivity contribution in [2.24, 2.45) is 5.92 Å². The van der Waals surface area contributed by atoms with Gasteiger partial charge in [-0.25, -0.2) is 5.06 Å². The lowest BCUT2D eigenvalue weighted by molar-refractivity contribution is -0.440. The fraction of sp³-hybridized carbons (Fsp3) is 0.512. The number of halogens is 13. The van der Waals surface area contributed by atoms with E-state index in [2.05, 4.69) is 0 Å². The largest absolute Gasteiger partial charge is 0.460 e. The first-order valence-electron chi connectivity index (χ1n) is 19.4. The Morgan fingerprint density at radius 3 is 1.42 bits per heavy atom. The highest BCUT2D eigenvalue weighted by Crippen LogP contribution is 2.61. The van der Waals surface area contributed by atoms with Crippen molar-refractivity contribution in [1.82, 2.24) is 5.06 Å². The lowest BCUT2D eigenvalue weighted by Gasteiger charge is -2.44. The lowest BCUT2D eigenvalue weighted by Crippen LogP contribution is -2.70. The van der Waals surface area contributed by atoms with Crippen molar-refractivity contribution in [2.75, 3.05) is 20.8 Å². The fourth-order valence-corrected chi connectivity index (χ4v) is 12.0. The molecule has 0 aliphatic rings. The van der Waals surface area contributed by atoms with Crippen LogP contribution < -0.4 is 0 Å². The van der Waals surface area contributed by atoms with Gasteiger partial charge in [-0.15, -0.1) is 0 Å². The first kappa shape index (κ1) is 52.4. The van der Waals surface area contributed by atoms with Crippen LogP contribution in [0.4, 0.5) is 57.1 Å². The number of carbonyl (C=O) groups is 1. The summed E-state index contributed by atoms with van der Waals surface area (Å²) in [6.07, 6.45) is -8.48. The number of hydrogen-bond acceptors (Lipinski definition) is 4. The molecule has 0 heterocycles. The van der Waals surface area contributed by atoms with Crippen molar-refractivity contribution in [2.45, 2.75) is 112 Å². The van der Waals surface area contributed by atoms with Gasteiger partial charge in [0.1, 0.15) is 5.60 Å². The number of nitrogens with zero attached hydrogens (tertiary/aromatic N) is 1. The number of ether oxygens (including phenoxy) is 1. The van der Waals surface area contributed by atoms with Gasteiger partial charge in [0.15, 0.2) is 8.32 Å². The smallest absolute Gasteiger partial charge is 0.412 e. The van der Waals surface area contributed by atoms with Crippen LogP contribution in [0.5, 0.6) is 0 Å². The number of amides is 1. The average Bonchev–Trinajstić information content (AvgIpc) is 3.21. The maximum atomic E-state index is 15.3. The number of alkyl halides is 13. The Morgan fingerprint density at radius 2 is 1.05 bits per heavy atom. The standard InChI is InChI=1S/C43H50F13NO4Si/c1-29(2)62(30(3)4,27-25-37(44,45)39(46,47)40(48,49)41(50,51)42(52,53)43(54,55)56)61-35(28-36(58)57(6)59-7)31(5)18-17-26-60-38(32-19-11-8-12-20-32,33-21-13-9-14-22-33)34-23-15-10-16-24-34/h8-24,29-31,35H,25-28H2,1-7H3/b18-17+/t31-,35-/m0/s1. The monoisotopic (exact) mass is 919 g/mol. The van der Waals surface area contributed by atoms with Gasteiger partial charge < -0.3 is 9.16 Å².